The van der Waals surface area contributed by atoms with Crippen LogP contribution in [0.3, 0.4) is 0 Å². The number of anilines is 3. The number of nitrogen functional groups attached to an aromatic ring is 1. The van der Waals surface area contributed by atoms with Crippen LogP contribution in [0.4, 0.5) is 17.2 Å². The van der Waals surface area contributed by atoms with Gasteiger partial charge in [-0.15, -0.1) is 0 Å². The minimum Gasteiger partial charge on any atom is -0.457 e. The molecule has 2 N–H and O–H groups in total. The fourth-order valence-electron chi connectivity index (χ4n) is 2.60. The van der Waals surface area contributed by atoms with Crippen LogP contribution in [0.25, 0.3) is 0 Å². The lowest BCUT2D eigenvalue weighted by atomic mass is 10.1. The molecule has 0 bridgehead atoms. The molecule has 24 heavy (non-hydrogen) atoms. The standard InChI is InChI=1S/C19H20N4O/c1-13-11-15(23(3)18-14(2)21-12-22-19(18)20)9-10-17(13)24-16-7-5-4-6-8-16/h4-12H,1-3H3,(H2,20,21,22). The van der Waals surface area contributed by atoms with E-state index in [9.17, 15) is 0 Å². The lowest BCUT2D eigenvalue weighted by Crippen LogP contribution is -2.15. The normalized spacial score (nSPS) is 10.5. The summed E-state index contributed by atoms with van der Waals surface area (Å²) >= 11 is 0. The second-order valence-electron chi connectivity index (χ2n) is 5.62. The minimum absolute atomic E-state index is 0.465. The monoisotopic (exact) mass is 320 g/mol. The Morgan fingerprint density at radius 1 is 1.00 bits per heavy atom. The molecule has 0 saturated heterocycles. The Morgan fingerprint density at radius 2 is 1.75 bits per heavy atom. The van der Waals surface area contributed by atoms with E-state index in [0.29, 0.717) is 5.82 Å². The summed E-state index contributed by atoms with van der Waals surface area (Å²) in [6, 6.07) is 15.8. The van der Waals surface area contributed by atoms with E-state index in [4.69, 9.17) is 10.5 Å². The first kappa shape index (κ1) is 15.8. The van der Waals surface area contributed by atoms with E-state index in [1.165, 1.54) is 6.33 Å². The van der Waals surface area contributed by atoms with E-state index in [1.54, 1.807) is 0 Å². The predicted octanol–water partition coefficient (Wildman–Crippen LogP) is 4.24. The van der Waals surface area contributed by atoms with Crippen molar-refractivity contribution in [3.63, 3.8) is 0 Å². The van der Waals surface area contributed by atoms with Crippen LogP contribution in [0.5, 0.6) is 11.5 Å². The van der Waals surface area contributed by atoms with Crippen molar-refractivity contribution < 1.29 is 4.74 Å². The highest BCUT2D eigenvalue weighted by molar-refractivity contribution is 5.74. The van der Waals surface area contributed by atoms with Gasteiger partial charge in [0.05, 0.1) is 5.69 Å². The van der Waals surface area contributed by atoms with Crippen molar-refractivity contribution in [3.8, 4) is 11.5 Å². The zero-order chi connectivity index (χ0) is 17.1. The van der Waals surface area contributed by atoms with Crippen molar-refractivity contribution in [2.75, 3.05) is 17.7 Å². The highest BCUT2D eigenvalue weighted by Crippen LogP contribution is 2.33. The van der Waals surface area contributed by atoms with E-state index < -0.39 is 0 Å². The van der Waals surface area contributed by atoms with Crippen LogP contribution >= 0.6 is 0 Å². The molecule has 5 heteroatoms. The Hall–Kier alpha value is -3.08. The lowest BCUT2D eigenvalue weighted by molar-refractivity contribution is 0.479. The van der Waals surface area contributed by atoms with Crippen molar-refractivity contribution in [1.29, 1.82) is 0 Å². The van der Waals surface area contributed by atoms with Gasteiger partial charge in [-0.05, 0) is 49.7 Å². The zero-order valence-corrected chi connectivity index (χ0v) is 14.0. The second-order valence-corrected chi connectivity index (χ2v) is 5.62. The maximum absolute atomic E-state index is 6.01. The number of para-hydroxylation sites is 1. The van der Waals surface area contributed by atoms with Crippen LogP contribution in [0.2, 0.25) is 0 Å². The molecule has 0 spiro atoms. The third-order valence-electron chi connectivity index (χ3n) is 3.89. The topological polar surface area (TPSA) is 64.3 Å². The number of nitrogens with zero attached hydrogens (tertiary/aromatic N) is 3. The fraction of sp³-hybridized carbons (Fsp3) is 0.158. The molecule has 5 nitrogen and oxygen atoms in total. The van der Waals surface area contributed by atoms with Gasteiger partial charge >= 0.3 is 0 Å². The Labute approximate surface area is 141 Å². The number of benzene rings is 2. The van der Waals surface area contributed by atoms with Crippen LogP contribution in [-0.2, 0) is 0 Å². The van der Waals surface area contributed by atoms with Gasteiger partial charge in [0.15, 0.2) is 5.82 Å². The van der Waals surface area contributed by atoms with Gasteiger partial charge < -0.3 is 15.4 Å². The maximum atomic E-state index is 6.01. The second kappa shape index (κ2) is 6.58. The molecular formula is C19H20N4O. The summed E-state index contributed by atoms with van der Waals surface area (Å²) in [5.74, 6) is 2.11. The number of hydrogen-bond acceptors (Lipinski definition) is 5. The molecule has 2 aromatic carbocycles. The van der Waals surface area contributed by atoms with Gasteiger partial charge in [0.25, 0.3) is 0 Å². The molecule has 0 radical (unpaired) electrons. The lowest BCUT2D eigenvalue weighted by Gasteiger charge is -2.23. The summed E-state index contributed by atoms with van der Waals surface area (Å²) in [5.41, 5.74) is 9.70. The molecule has 0 saturated carbocycles. The van der Waals surface area contributed by atoms with Gasteiger partial charge in [0.2, 0.25) is 0 Å². The van der Waals surface area contributed by atoms with Crippen LogP contribution in [0.15, 0.2) is 54.9 Å². The average molecular weight is 320 g/mol. The molecule has 0 amide bonds. The van der Waals surface area contributed by atoms with Crippen LogP contribution < -0.4 is 15.4 Å². The summed E-state index contributed by atoms with van der Waals surface area (Å²) in [6.07, 6.45) is 1.48. The summed E-state index contributed by atoms with van der Waals surface area (Å²) < 4.78 is 5.93. The summed E-state index contributed by atoms with van der Waals surface area (Å²) in [6.45, 7) is 3.94. The molecule has 0 aliphatic rings. The van der Waals surface area contributed by atoms with E-state index >= 15 is 0 Å². The molecule has 3 rings (SSSR count). The predicted molar refractivity (Wildman–Crippen MR) is 96.9 cm³/mol. The minimum atomic E-state index is 0.465. The smallest absolute Gasteiger partial charge is 0.151 e. The highest BCUT2D eigenvalue weighted by atomic mass is 16.5. The molecule has 1 aromatic heterocycles. The average Bonchev–Trinajstić information content (AvgIpc) is 2.57. The molecule has 122 valence electrons. The summed E-state index contributed by atoms with van der Waals surface area (Å²) in [5, 5.41) is 0. The number of rotatable bonds is 4. The van der Waals surface area contributed by atoms with Crippen LogP contribution in [0, 0.1) is 13.8 Å². The van der Waals surface area contributed by atoms with E-state index in [-0.39, 0.29) is 0 Å². The quantitative estimate of drug-likeness (QED) is 0.779. The first-order valence-corrected chi connectivity index (χ1v) is 7.70. The molecular weight excluding hydrogens is 300 g/mol. The Morgan fingerprint density at radius 3 is 2.42 bits per heavy atom. The third kappa shape index (κ3) is 3.15. The summed E-state index contributed by atoms with van der Waals surface area (Å²) in [7, 11) is 1.95. The Kier molecular flexibility index (Phi) is 4.33. The number of aromatic nitrogens is 2. The molecule has 0 aliphatic carbocycles. The van der Waals surface area contributed by atoms with E-state index in [0.717, 1.165) is 34.1 Å². The number of nitrogens with two attached hydrogens (primary N) is 1. The van der Waals surface area contributed by atoms with Crippen molar-refractivity contribution in [3.05, 3.63) is 66.1 Å². The molecule has 1 heterocycles. The molecule has 0 unspecified atom stereocenters. The largest absolute Gasteiger partial charge is 0.457 e. The van der Waals surface area contributed by atoms with E-state index in [2.05, 4.69) is 16.0 Å². The SMILES string of the molecule is Cc1cc(N(C)c2c(C)ncnc2N)ccc1Oc1ccccc1. The van der Waals surface area contributed by atoms with Crippen molar-refractivity contribution in [1.82, 2.24) is 9.97 Å². The van der Waals surface area contributed by atoms with Gasteiger partial charge in [-0.2, -0.15) is 0 Å². The molecule has 3 aromatic rings. The molecule has 0 atom stereocenters. The Bertz CT molecular complexity index is 829. The third-order valence-corrected chi connectivity index (χ3v) is 3.89. The van der Waals surface area contributed by atoms with Gasteiger partial charge in [0, 0.05) is 12.7 Å². The Balaban J connectivity index is 1.89. The van der Waals surface area contributed by atoms with Crippen LogP contribution in [0.1, 0.15) is 11.3 Å². The maximum Gasteiger partial charge on any atom is 0.151 e. The van der Waals surface area contributed by atoms with Gasteiger partial charge in [-0.3, -0.25) is 0 Å². The van der Waals surface area contributed by atoms with Gasteiger partial charge in [-0.1, -0.05) is 18.2 Å². The van der Waals surface area contributed by atoms with Crippen molar-refractivity contribution in [2.24, 2.45) is 0 Å². The van der Waals surface area contributed by atoms with Crippen molar-refractivity contribution >= 4 is 17.2 Å². The summed E-state index contributed by atoms with van der Waals surface area (Å²) in [4.78, 5) is 10.3. The highest BCUT2D eigenvalue weighted by Gasteiger charge is 2.14. The first-order chi connectivity index (χ1) is 11.6. The molecule has 0 fully saturated rings. The fourth-order valence-corrected chi connectivity index (χ4v) is 2.60. The van der Waals surface area contributed by atoms with E-state index in [1.807, 2.05) is 68.3 Å². The first-order valence-electron chi connectivity index (χ1n) is 7.70. The molecule has 0 aliphatic heterocycles. The van der Waals surface area contributed by atoms with Crippen LogP contribution in [-0.4, -0.2) is 17.0 Å². The van der Waals surface area contributed by atoms with Gasteiger partial charge in [-0.25, -0.2) is 9.97 Å². The number of aryl methyl sites for hydroxylation is 2. The zero-order valence-electron chi connectivity index (χ0n) is 14.0. The number of hydrogen-bond donors (Lipinski definition) is 1. The van der Waals surface area contributed by atoms with Gasteiger partial charge in [0.1, 0.15) is 23.5 Å². The number of ether oxygens (including phenoxy) is 1. The van der Waals surface area contributed by atoms with Crippen molar-refractivity contribution in [2.45, 2.75) is 13.8 Å².